The van der Waals surface area contributed by atoms with Crippen LogP contribution in [0.5, 0.6) is 0 Å². The van der Waals surface area contributed by atoms with Gasteiger partial charge in [-0.2, -0.15) is 12.7 Å². The molecule has 0 amide bonds. The molecule has 0 aliphatic heterocycles. The Morgan fingerprint density at radius 1 is 1.38 bits per heavy atom. The number of rotatable bonds is 7. The minimum Gasteiger partial charge on any atom is -0.326 e. The molecular weight excluding hydrogens is 250 g/mol. The summed E-state index contributed by atoms with van der Waals surface area (Å²) < 4.78 is 27.3. The summed E-state index contributed by atoms with van der Waals surface area (Å²) in [6.45, 7) is 4.98. The molecule has 0 heterocycles. The van der Waals surface area contributed by atoms with Crippen molar-refractivity contribution < 1.29 is 8.42 Å². The average Bonchev–Trinajstić information content (AvgIpc) is 2.99. The second kappa shape index (κ2) is 6.76. The smallest absolute Gasteiger partial charge is 0.279 e. The number of hydrogen-bond acceptors (Lipinski definition) is 3. The highest BCUT2D eigenvalue weighted by Crippen LogP contribution is 2.31. The molecule has 0 bridgehead atoms. The van der Waals surface area contributed by atoms with E-state index in [0.29, 0.717) is 25.6 Å². The summed E-state index contributed by atoms with van der Waals surface area (Å²) in [6, 6.07) is -0.0321. The van der Waals surface area contributed by atoms with Crippen LogP contribution in [0.25, 0.3) is 0 Å². The molecule has 0 saturated heterocycles. The fraction of sp³-hybridized carbons (Fsp3) is 1.00. The third-order valence-corrected chi connectivity index (χ3v) is 4.50. The highest BCUT2D eigenvalue weighted by atomic mass is 35.5. The third kappa shape index (κ3) is 4.55. The predicted octanol–water partition coefficient (Wildman–Crippen LogP) is 0.322. The summed E-state index contributed by atoms with van der Waals surface area (Å²) in [5.74, 6) is 0.518. The topological polar surface area (TPSA) is 75.4 Å². The minimum atomic E-state index is -3.32. The van der Waals surface area contributed by atoms with E-state index in [1.54, 1.807) is 0 Å². The van der Waals surface area contributed by atoms with Crippen LogP contribution in [0, 0.1) is 5.92 Å². The molecule has 5 nitrogen and oxygen atoms in total. The Labute approximate surface area is 104 Å². The zero-order valence-electron chi connectivity index (χ0n) is 9.85. The highest BCUT2D eigenvalue weighted by Gasteiger charge is 2.29. The van der Waals surface area contributed by atoms with Gasteiger partial charge in [-0.25, -0.2) is 4.72 Å². The molecule has 7 heteroatoms. The Bertz CT molecular complexity index is 289. The fourth-order valence-corrected chi connectivity index (χ4v) is 2.81. The van der Waals surface area contributed by atoms with E-state index in [9.17, 15) is 8.42 Å². The first kappa shape index (κ1) is 16.1. The second-order valence-electron chi connectivity index (χ2n) is 3.94. The van der Waals surface area contributed by atoms with Gasteiger partial charge < -0.3 is 5.73 Å². The number of nitrogens with two attached hydrogens (primary N) is 1. The summed E-state index contributed by atoms with van der Waals surface area (Å²) >= 11 is 0. The molecule has 1 aliphatic carbocycles. The molecule has 98 valence electrons. The van der Waals surface area contributed by atoms with E-state index in [1.165, 1.54) is 4.31 Å². The van der Waals surface area contributed by atoms with Crippen LogP contribution in [0.4, 0.5) is 0 Å². The van der Waals surface area contributed by atoms with E-state index in [1.807, 2.05) is 13.8 Å². The van der Waals surface area contributed by atoms with Gasteiger partial charge in [-0.1, -0.05) is 13.8 Å². The molecule has 0 radical (unpaired) electrons. The summed E-state index contributed by atoms with van der Waals surface area (Å²) in [5, 5.41) is 0. The SMILES string of the molecule is CCN(CC)S(=O)(=O)NCC(N)C1CC1.Cl. The Hall–Kier alpha value is 0.120. The van der Waals surface area contributed by atoms with Gasteiger partial charge in [0.05, 0.1) is 0 Å². The van der Waals surface area contributed by atoms with E-state index in [0.717, 1.165) is 12.8 Å². The Balaban J connectivity index is 0.00000225. The first-order chi connectivity index (χ1) is 7.01. The monoisotopic (exact) mass is 271 g/mol. The summed E-state index contributed by atoms with van der Waals surface area (Å²) in [5.41, 5.74) is 5.82. The van der Waals surface area contributed by atoms with Crippen LogP contribution >= 0.6 is 12.4 Å². The Morgan fingerprint density at radius 2 is 1.88 bits per heavy atom. The van der Waals surface area contributed by atoms with Crippen molar-refractivity contribution in [1.82, 2.24) is 9.03 Å². The first-order valence-corrected chi connectivity index (χ1v) is 6.95. The van der Waals surface area contributed by atoms with E-state index in [-0.39, 0.29) is 18.4 Å². The molecule has 1 unspecified atom stereocenters. The normalized spacial score (nSPS) is 18.2. The van der Waals surface area contributed by atoms with Crippen molar-refractivity contribution >= 4 is 22.6 Å². The first-order valence-electron chi connectivity index (χ1n) is 5.51. The average molecular weight is 272 g/mol. The lowest BCUT2D eigenvalue weighted by Crippen LogP contribution is -2.45. The molecular formula is C9H22ClN3O2S. The summed E-state index contributed by atoms with van der Waals surface area (Å²) in [4.78, 5) is 0. The molecule has 1 rings (SSSR count). The summed E-state index contributed by atoms with van der Waals surface area (Å²) in [7, 11) is -3.32. The number of hydrogen-bond donors (Lipinski definition) is 2. The van der Waals surface area contributed by atoms with Crippen molar-refractivity contribution in [3.63, 3.8) is 0 Å². The zero-order valence-corrected chi connectivity index (χ0v) is 11.5. The van der Waals surface area contributed by atoms with Gasteiger partial charge in [0, 0.05) is 25.7 Å². The van der Waals surface area contributed by atoms with Crippen LogP contribution in [0.3, 0.4) is 0 Å². The fourth-order valence-electron chi connectivity index (χ4n) is 1.55. The van der Waals surface area contributed by atoms with Gasteiger partial charge >= 0.3 is 0 Å². The maximum Gasteiger partial charge on any atom is 0.279 e. The summed E-state index contributed by atoms with van der Waals surface area (Å²) in [6.07, 6.45) is 2.27. The van der Waals surface area contributed by atoms with E-state index in [4.69, 9.17) is 5.73 Å². The van der Waals surface area contributed by atoms with Gasteiger partial charge in [0.25, 0.3) is 10.2 Å². The van der Waals surface area contributed by atoms with Crippen LogP contribution in [-0.4, -0.2) is 38.4 Å². The van der Waals surface area contributed by atoms with Crippen LogP contribution in [0.15, 0.2) is 0 Å². The maximum absolute atomic E-state index is 11.7. The zero-order chi connectivity index (χ0) is 11.5. The van der Waals surface area contributed by atoms with Crippen molar-refractivity contribution in [3.05, 3.63) is 0 Å². The third-order valence-electron chi connectivity index (χ3n) is 2.77. The van der Waals surface area contributed by atoms with Crippen molar-refractivity contribution in [2.45, 2.75) is 32.7 Å². The van der Waals surface area contributed by atoms with Gasteiger partial charge in [0.1, 0.15) is 0 Å². The lowest BCUT2D eigenvalue weighted by atomic mass is 10.2. The number of nitrogens with zero attached hydrogens (tertiary/aromatic N) is 1. The Morgan fingerprint density at radius 3 is 2.25 bits per heavy atom. The molecule has 3 N–H and O–H groups in total. The molecule has 0 aromatic heterocycles. The van der Waals surface area contributed by atoms with Gasteiger partial charge in [0.15, 0.2) is 0 Å². The maximum atomic E-state index is 11.7. The molecule has 1 saturated carbocycles. The second-order valence-corrected chi connectivity index (χ2v) is 5.69. The molecule has 16 heavy (non-hydrogen) atoms. The van der Waals surface area contributed by atoms with Gasteiger partial charge in [-0.05, 0) is 18.8 Å². The van der Waals surface area contributed by atoms with Crippen molar-refractivity contribution in [1.29, 1.82) is 0 Å². The van der Waals surface area contributed by atoms with Gasteiger partial charge in [0.2, 0.25) is 0 Å². The molecule has 0 spiro atoms. The standard InChI is InChI=1S/C9H21N3O2S.ClH/c1-3-12(4-2)15(13,14)11-7-9(10)8-5-6-8;/h8-9,11H,3-7,10H2,1-2H3;1H. The molecule has 1 atom stereocenters. The molecule has 0 aromatic carbocycles. The molecule has 0 aromatic rings. The van der Waals surface area contributed by atoms with E-state index in [2.05, 4.69) is 4.72 Å². The minimum absolute atomic E-state index is 0. The quantitative estimate of drug-likeness (QED) is 0.700. The van der Waals surface area contributed by atoms with Gasteiger partial charge in [-0.15, -0.1) is 12.4 Å². The lowest BCUT2D eigenvalue weighted by molar-refractivity contribution is 0.430. The van der Waals surface area contributed by atoms with Gasteiger partial charge in [-0.3, -0.25) is 0 Å². The van der Waals surface area contributed by atoms with Crippen molar-refractivity contribution in [3.8, 4) is 0 Å². The highest BCUT2D eigenvalue weighted by molar-refractivity contribution is 7.87. The van der Waals surface area contributed by atoms with Crippen LogP contribution in [-0.2, 0) is 10.2 Å². The van der Waals surface area contributed by atoms with Crippen LogP contribution < -0.4 is 10.5 Å². The molecule has 1 aliphatic rings. The number of nitrogens with one attached hydrogen (secondary N) is 1. The number of halogens is 1. The molecule has 1 fully saturated rings. The van der Waals surface area contributed by atoms with Crippen molar-refractivity contribution in [2.75, 3.05) is 19.6 Å². The lowest BCUT2D eigenvalue weighted by Gasteiger charge is -2.20. The predicted molar refractivity (Wildman–Crippen MR) is 67.8 cm³/mol. The van der Waals surface area contributed by atoms with Crippen LogP contribution in [0.1, 0.15) is 26.7 Å². The van der Waals surface area contributed by atoms with E-state index < -0.39 is 10.2 Å². The van der Waals surface area contributed by atoms with Crippen LogP contribution in [0.2, 0.25) is 0 Å². The Kier molecular flexibility index (Phi) is 6.81. The van der Waals surface area contributed by atoms with Crippen molar-refractivity contribution in [2.24, 2.45) is 11.7 Å². The van der Waals surface area contributed by atoms with E-state index >= 15 is 0 Å². The largest absolute Gasteiger partial charge is 0.326 e.